The standard InChI is InChI=1S/C20H23N5O2/c1-5-16-11-19(27)24(20(22-16)25-15(4)10-14(3)23-25)12-18(26)21-17-8-6-7-13(2)9-17/h6-11H,5,12H2,1-4H3,(H,21,26). The van der Waals surface area contributed by atoms with Crippen molar-refractivity contribution in [1.82, 2.24) is 19.3 Å². The van der Waals surface area contributed by atoms with Gasteiger partial charge in [-0.15, -0.1) is 0 Å². The molecule has 7 heteroatoms. The van der Waals surface area contributed by atoms with E-state index < -0.39 is 0 Å². The normalized spacial score (nSPS) is 10.8. The SMILES string of the molecule is CCc1cc(=O)n(CC(=O)Nc2cccc(C)c2)c(-n2nc(C)cc2C)n1. The first-order valence-corrected chi connectivity index (χ1v) is 8.88. The van der Waals surface area contributed by atoms with Gasteiger partial charge < -0.3 is 5.32 Å². The van der Waals surface area contributed by atoms with Gasteiger partial charge in [0.15, 0.2) is 0 Å². The molecule has 0 spiro atoms. The summed E-state index contributed by atoms with van der Waals surface area (Å²) in [4.78, 5) is 29.8. The van der Waals surface area contributed by atoms with Gasteiger partial charge >= 0.3 is 0 Å². The maximum atomic E-state index is 12.7. The third-order valence-corrected chi connectivity index (χ3v) is 4.21. The Morgan fingerprint density at radius 3 is 2.56 bits per heavy atom. The second-order valence-corrected chi connectivity index (χ2v) is 6.58. The highest BCUT2D eigenvalue weighted by Crippen LogP contribution is 2.12. The molecule has 3 aromatic rings. The maximum absolute atomic E-state index is 12.7. The molecule has 0 fully saturated rings. The highest BCUT2D eigenvalue weighted by Gasteiger charge is 2.16. The molecule has 0 atom stereocenters. The Balaban J connectivity index is 1.98. The zero-order valence-corrected chi connectivity index (χ0v) is 16.0. The van der Waals surface area contributed by atoms with Crippen LogP contribution in [0, 0.1) is 20.8 Å². The first-order valence-electron chi connectivity index (χ1n) is 8.88. The van der Waals surface area contributed by atoms with Crippen LogP contribution in [0.25, 0.3) is 5.95 Å². The number of aromatic nitrogens is 4. The minimum Gasteiger partial charge on any atom is -0.325 e. The van der Waals surface area contributed by atoms with E-state index in [1.54, 1.807) is 4.68 Å². The van der Waals surface area contributed by atoms with E-state index in [0.717, 1.165) is 17.0 Å². The Morgan fingerprint density at radius 2 is 1.93 bits per heavy atom. The van der Waals surface area contributed by atoms with E-state index in [0.29, 0.717) is 23.8 Å². The fourth-order valence-electron chi connectivity index (χ4n) is 2.93. The molecule has 0 saturated heterocycles. The van der Waals surface area contributed by atoms with Crippen molar-refractivity contribution in [2.24, 2.45) is 0 Å². The van der Waals surface area contributed by atoms with Crippen molar-refractivity contribution in [1.29, 1.82) is 0 Å². The van der Waals surface area contributed by atoms with E-state index in [1.165, 1.54) is 10.6 Å². The Labute approximate surface area is 157 Å². The van der Waals surface area contributed by atoms with E-state index in [4.69, 9.17) is 0 Å². The minimum absolute atomic E-state index is 0.141. The Morgan fingerprint density at radius 1 is 1.15 bits per heavy atom. The first-order chi connectivity index (χ1) is 12.9. The largest absolute Gasteiger partial charge is 0.325 e. The van der Waals surface area contributed by atoms with Gasteiger partial charge in [0.25, 0.3) is 5.56 Å². The first kappa shape index (κ1) is 18.6. The van der Waals surface area contributed by atoms with Gasteiger partial charge in [0.2, 0.25) is 11.9 Å². The summed E-state index contributed by atoms with van der Waals surface area (Å²) >= 11 is 0. The molecule has 0 aliphatic rings. The van der Waals surface area contributed by atoms with E-state index in [9.17, 15) is 9.59 Å². The average molecular weight is 365 g/mol. The van der Waals surface area contributed by atoms with Crippen LogP contribution < -0.4 is 10.9 Å². The molecule has 0 bridgehead atoms. The van der Waals surface area contributed by atoms with Crippen LogP contribution in [0.1, 0.15) is 29.6 Å². The number of hydrogen-bond donors (Lipinski definition) is 1. The zero-order valence-electron chi connectivity index (χ0n) is 16.0. The summed E-state index contributed by atoms with van der Waals surface area (Å²) in [5, 5.41) is 7.25. The van der Waals surface area contributed by atoms with Crippen molar-refractivity contribution in [2.75, 3.05) is 5.32 Å². The van der Waals surface area contributed by atoms with Crippen molar-refractivity contribution < 1.29 is 4.79 Å². The summed E-state index contributed by atoms with van der Waals surface area (Å²) < 4.78 is 2.96. The number of rotatable bonds is 5. The Kier molecular flexibility index (Phi) is 5.21. The van der Waals surface area contributed by atoms with E-state index in [1.807, 2.05) is 58.0 Å². The lowest BCUT2D eigenvalue weighted by molar-refractivity contribution is -0.116. The predicted octanol–water partition coefficient (Wildman–Crippen LogP) is 2.56. The van der Waals surface area contributed by atoms with Gasteiger partial charge in [-0.05, 0) is 51.0 Å². The van der Waals surface area contributed by atoms with Crippen molar-refractivity contribution in [3.63, 3.8) is 0 Å². The van der Waals surface area contributed by atoms with Crippen molar-refractivity contribution >= 4 is 11.6 Å². The van der Waals surface area contributed by atoms with Gasteiger partial charge in [0.1, 0.15) is 6.54 Å². The fraction of sp³-hybridized carbons (Fsp3) is 0.300. The summed E-state index contributed by atoms with van der Waals surface area (Å²) in [5.41, 5.74) is 3.79. The molecule has 7 nitrogen and oxygen atoms in total. The molecule has 1 aromatic carbocycles. The number of hydrogen-bond acceptors (Lipinski definition) is 4. The van der Waals surface area contributed by atoms with Crippen LogP contribution in [0.5, 0.6) is 0 Å². The summed E-state index contributed by atoms with van der Waals surface area (Å²) in [5.74, 6) is 0.0564. The number of nitrogens with one attached hydrogen (secondary N) is 1. The van der Waals surface area contributed by atoms with Crippen LogP contribution in [-0.4, -0.2) is 25.2 Å². The number of carbonyl (C=O) groups is 1. The molecular weight excluding hydrogens is 342 g/mol. The van der Waals surface area contributed by atoms with Crippen LogP contribution in [0.4, 0.5) is 5.69 Å². The molecule has 0 radical (unpaired) electrons. The number of amides is 1. The van der Waals surface area contributed by atoms with Gasteiger partial charge in [-0.2, -0.15) is 5.10 Å². The third kappa shape index (κ3) is 4.13. The van der Waals surface area contributed by atoms with Crippen LogP contribution in [0.3, 0.4) is 0 Å². The van der Waals surface area contributed by atoms with Gasteiger partial charge in [0.05, 0.1) is 5.69 Å². The predicted molar refractivity (Wildman–Crippen MR) is 104 cm³/mol. The molecule has 1 amide bonds. The lowest BCUT2D eigenvalue weighted by atomic mass is 10.2. The van der Waals surface area contributed by atoms with Crippen molar-refractivity contribution in [3.8, 4) is 5.95 Å². The Bertz CT molecular complexity index is 1050. The van der Waals surface area contributed by atoms with Crippen LogP contribution >= 0.6 is 0 Å². The summed E-state index contributed by atoms with van der Waals surface area (Å²) in [6.07, 6.45) is 0.623. The number of anilines is 1. The molecular formula is C20H23N5O2. The second kappa shape index (κ2) is 7.57. The summed E-state index contributed by atoms with van der Waals surface area (Å²) in [6.45, 7) is 7.51. The monoisotopic (exact) mass is 365 g/mol. The maximum Gasteiger partial charge on any atom is 0.255 e. The summed E-state index contributed by atoms with van der Waals surface area (Å²) in [7, 11) is 0. The quantitative estimate of drug-likeness (QED) is 0.753. The lowest BCUT2D eigenvalue weighted by Crippen LogP contribution is -2.32. The highest BCUT2D eigenvalue weighted by molar-refractivity contribution is 5.90. The van der Waals surface area contributed by atoms with Gasteiger partial charge in [0, 0.05) is 23.1 Å². The number of carbonyl (C=O) groups excluding carboxylic acids is 1. The number of aryl methyl sites for hydroxylation is 4. The van der Waals surface area contributed by atoms with Crippen molar-refractivity contribution in [3.05, 3.63) is 69.4 Å². The fourth-order valence-corrected chi connectivity index (χ4v) is 2.93. The molecule has 0 saturated carbocycles. The van der Waals surface area contributed by atoms with E-state index in [-0.39, 0.29) is 18.0 Å². The molecule has 0 aliphatic heterocycles. The highest BCUT2D eigenvalue weighted by atomic mass is 16.2. The molecule has 27 heavy (non-hydrogen) atoms. The topological polar surface area (TPSA) is 81.8 Å². The molecule has 0 unspecified atom stereocenters. The molecule has 3 rings (SSSR count). The van der Waals surface area contributed by atoms with E-state index in [2.05, 4.69) is 15.4 Å². The number of nitrogens with zero attached hydrogens (tertiary/aromatic N) is 4. The average Bonchev–Trinajstić information content (AvgIpc) is 2.94. The van der Waals surface area contributed by atoms with Crippen LogP contribution in [0.2, 0.25) is 0 Å². The smallest absolute Gasteiger partial charge is 0.255 e. The van der Waals surface area contributed by atoms with Gasteiger partial charge in [-0.3, -0.25) is 14.2 Å². The van der Waals surface area contributed by atoms with Crippen molar-refractivity contribution in [2.45, 2.75) is 40.7 Å². The number of benzene rings is 1. The van der Waals surface area contributed by atoms with Crippen LogP contribution in [-0.2, 0) is 17.8 Å². The summed E-state index contributed by atoms with van der Waals surface area (Å²) in [6, 6.07) is 10.9. The molecule has 2 heterocycles. The second-order valence-electron chi connectivity index (χ2n) is 6.58. The molecule has 0 aliphatic carbocycles. The Hall–Kier alpha value is -3.22. The molecule has 140 valence electrons. The third-order valence-electron chi connectivity index (χ3n) is 4.21. The molecule has 2 aromatic heterocycles. The van der Waals surface area contributed by atoms with Gasteiger partial charge in [-0.25, -0.2) is 9.67 Å². The minimum atomic E-state index is -0.295. The van der Waals surface area contributed by atoms with Gasteiger partial charge in [-0.1, -0.05) is 19.1 Å². The van der Waals surface area contributed by atoms with Crippen LogP contribution in [0.15, 0.2) is 41.2 Å². The van der Waals surface area contributed by atoms with E-state index >= 15 is 0 Å². The molecule has 1 N–H and O–H groups in total. The lowest BCUT2D eigenvalue weighted by Gasteiger charge is -2.14. The zero-order chi connectivity index (χ0) is 19.6.